The van der Waals surface area contributed by atoms with E-state index in [1.807, 2.05) is 63.2 Å². The van der Waals surface area contributed by atoms with Gasteiger partial charge in [0.15, 0.2) is 5.76 Å². The highest BCUT2D eigenvalue weighted by molar-refractivity contribution is 6.10. The Morgan fingerprint density at radius 2 is 1.60 bits per heavy atom. The van der Waals surface area contributed by atoms with Gasteiger partial charge in [-0.05, 0) is 44.0 Å². The summed E-state index contributed by atoms with van der Waals surface area (Å²) in [5, 5.41) is 0.957. The molecule has 100 valence electrons. The molecule has 3 aromatic rings. The number of carbonyl (C=O) groups is 1. The third-order valence-corrected chi connectivity index (χ3v) is 3.55. The van der Waals surface area contributed by atoms with E-state index in [0.717, 1.165) is 27.7 Å². The molecular formula is C18H16O2. The second-order valence-electron chi connectivity index (χ2n) is 5.25. The van der Waals surface area contributed by atoms with E-state index in [-0.39, 0.29) is 5.78 Å². The Bertz CT molecular complexity index is 753. The number of aryl methyl sites for hydroxylation is 3. The lowest BCUT2D eigenvalue weighted by molar-refractivity contribution is 0.101. The molecule has 20 heavy (non-hydrogen) atoms. The normalized spacial score (nSPS) is 10.9. The average Bonchev–Trinajstić information content (AvgIpc) is 2.81. The van der Waals surface area contributed by atoms with Crippen LogP contribution in [0, 0.1) is 20.8 Å². The van der Waals surface area contributed by atoms with Crippen molar-refractivity contribution in [2.24, 2.45) is 0 Å². The number of hydrogen-bond donors (Lipinski definition) is 0. The summed E-state index contributed by atoms with van der Waals surface area (Å²) in [5.74, 6) is 0.359. The Labute approximate surface area is 118 Å². The SMILES string of the molecule is Cc1cc(C)c(C(=O)c2cc3ccccc3o2)c(C)c1. The Morgan fingerprint density at radius 1 is 0.950 bits per heavy atom. The van der Waals surface area contributed by atoms with E-state index in [2.05, 4.69) is 0 Å². The molecule has 1 aromatic heterocycles. The van der Waals surface area contributed by atoms with Gasteiger partial charge in [0.1, 0.15) is 5.58 Å². The molecule has 0 saturated heterocycles. The van der Waals surface area contributed by atoms with Crippen LogP contribution in [0.1, 0.15) is 32.8 Å². The number of para-hydroxylation sites is 1. The fourth-order valence-electron chi connectivity index (χ4n) is 2.76. The summed E-state index contributed by atoms with van der Waals surface area (Å²) in [6, 6.07) is 13.5. The Morgan fingerprint density at radius 3 is 2.25 bits per heavy atom. The summed E-state index contributed by atoms with van der Waals surface area (Å²) in [6.45, 7) is 5.97. The third kappa shape index (κ3) is 2.03. The average molecular weight is 264 g/mol. The van der Waals surface area contributed by atoms with Crippen molar-refractivity contribution in [3.05, 3.63) is 70.5 Å². The largest absolute Gasteiger partial charge is 0.453 e. The third-order valence-electron chi connectivity index (χ3n) is 3.55. The molecule has 0 bridgehead atoms. The zero-order valence-corrected chi connectivity index (χ0v) is 11.9. The first kappa shape index (κ1) is 12.7. The van der Waals surface area contributed by atoms with Crippen LogP contribution in [0.2, 0.25) is 0 Å². The summed E-state index contributed by atoms with van der Waals surface area (Å²) >= 11 is 0. The monoisotopic (exact) mass is 264 g/mol. The number of hydrogen-bond acceptors (Lipinski definition) is 2. The summed E-state index contributed by atoms with van der Waals surface area (Å²) in [5.41, 5.74) is 4.65. The van der Waals surface area contributed by atoms with E-state index in [4.69, 9.17) is 4.42 Å². The van der Waals surface area contributed by atoms with Crippen molar-refractivity contribution in [1.82, 2.24) is 0 Å². The minimum atomic E-state index is -0.0452. The van der Waals surface area contributed by atoms with Crippen LogP contribution in [0.3, 0.4) is 0 Å². The second-order valence-corrected chi connectivity index (χ2v) is 5.25. The first-order valence-corrected chi connectivity index (χ1v) is 6.67. The molecular weight excluding hydrogens is 248 g/mol. The van der Waals surface area contributed by atoms with Crippen LogP contribution >= 0.6 is 0 Å². The van der Waals surface area contributed by atoms with E-state index in [0.29, 0.717) is 5.76 Å². The Balaban J connectivity index is 2.13. The molecule has 0 unspecified atom stereocenters. The van der Waals surface area contributed by atoms with Gasteiger partial charge < -0.3 is 4.42 Å². The molecule has 0 aliphatic carbocycles. The maximum Gasteiger partial charge on any atom is 0.228 e. The molecule has 0 atom stereocenters. The molecule has 0 amide bonds. The van der Waals surface area contributed by atoms with Gasteiger partial charge in [-0.3, -0.25) is 4.79 Å². The van der Waals surface area contributed by atoms with E-state index in [9.17, 15) is 4.79 Å². The van der Waals surface area contributed by atoms with Crippen molar-refractivity contribution in [3.63, 3.8) is 0 Å². The van der Waals surface area contributed by atoms with Crippen LogP contribution in [-0.4, -0.2) is 5.78 Å². The highest BCUT2D eigenvalue weighted by Crippen LogP contribution is 2.24. The minimum Gasteiger partial charge on any atom is -0.453 e. The van der Waals surface area contributed by atoms with Crippen molar-refractivity contribution in [2.75, 3.05) is 0 Å². The predicted octanol–water partition coefficient (Wildman–Crippen LogP) is 4.59. The molecule has 0 aliphatic heterocycles. The number of fused-ring (bicyclic) bond motifs is 1. The molecule has 2 heteroatoms. The summed E-state index contributed by atoms with van der Waals surface area (Å²) in [7, 11) is 0. The summed E-state index contributed by atoms with van der Waals surface area (Å²) in [4.78, 5) is 12.7. The Hall–Kier alpha value is -2.35. The fraction of sp³-hybridized carbons (Fsp3) is 0.167. The standard InChI is InChI=1S/C18H16O2/c1-11-8-12(2)17(13(3)9-11)18(19)16-10-14-6-4-5-7-15(14)20-16/h4-10H,1-3H3. The number of carbonyl (C=O) groups excluding carboxylic acids is 1. The van der Waals surface area contributed by atoms with Crippen LogP contribution < -0.4 is 0 Å². The van der Waals surface area contributed by atoms with Crippen LogP contribution in [0.25, 0.3) is 11.0 Å². The molecule has 0 aliphatic rings. The molecule has 0 radical (unpaired) electrons. The van der Waals surface area contributed by atoms with Crippen molar-refractivity contribution in [1.29, 1.82) is 0 Å². The van der Waals surface area contributed by atoms with Crippen LogP contribution in [0.5, 0.6) is 0 Å². The molecule has 3 rings (SSSR count). The van der Waals surface area contributed by atoms with Gasteiger partial charge in [-0.2, -0.15) is 0 Å². The lowest BCUT2D eigenvalue weighted by Crippen LogP contribution is -2.05. The highest BCUT2D eigenvalue weighted by Gasteiger charge is 2.18. The fourth-order valence-corrected chi connectivity index (χ4v) is 2.76. The quantitative estimate of drug-likeness (QED) is 0.634. The number of furan rings is 1. The zero-order valence-electron chi connectivity index (χ0n) is 11.9. The lowest BCUT2D eigenvalue weighted by atomic mass is 9.95. The molecule has 2 aromatic carbocycles. The van der Waals surface area contributed by atoms with Gasteiger partial charge in [0.05, 0.1) is 0 Å². The number of rotatable bonds is 2. The molecule has 0 spiro atoms. The van der Waals surface area contributed by atoms with Gasteiger partial charge in [0.25, 0.3) is 0 Å². The van der Waals surface area contributed by atoms with Crippen LogP contribution in [-0.2, 0) is 0 Å². The molecule has 2 nitrogen and oxygen atoms in total. The first-order valence-electron chi connectivity index (χ1n) is 6.67. The topological polar surface area (TPSA) is 30.2 Å². The zero-order chi connectivity index (χ0) is 14.3. The van der Waals surface area contributed by atoms with Crippen molar-refractivity contribution < 1.29 is 9.21 Å². The van der Waals surface area contributed by atoms with Gasteiger partial charge in [0, 0.05) is 10.9 Å². The minimum absolute atomic E-state index is 0.0452. The smallest absolute Gasteiger partial charge is 0.228 e. The van der Waals surface area contributed by atoms with E-state index >= 15 is 0 Å². The van der Waals surface area contributed by atoms with Gasteiger partial charge in [-0.1, -0.05) is 35.9 Å². The molecule has 0 fully saturated rings. The van der Waals surface area contributed by atoms with Crippen molar-refractivity contribution in [2.45, 2.75) is 20.8 Å². The summed E-state index contributed by atoms with van der Waals surface area (Å²) in [6.07, 6.45) is 0. The number of benzene rings is 2. The van der Waals surface area contributed by atoms with Crippen molar-refractivity contribution >= 4 is 16.8 Å². The van der Waals surface area contributed by atoms with E-state index < -0.39 is 0 Å². The highest BCUT2D eigenvalue weighted by atomic mass is 16.3. The van der Waals surface area contributed by atoms with Crippen molar-refractivity contribution in [3.8, 4) is 0 Å². The Kier molecular flexibility index (Phi) is 2.94. The van der Waals surface area contributed by atoms with Gasteiger partial charge in [0.2, 0.25) is 5.78 Å². The first-order chi connectivity index (χ1) is 9.56. The summed E-state index contributed by atoms with van der Waals surface area (Å²) < 4.78 is 5.67. The molecule has 0 N–H and O–H groups in total. The maximum absolute atomic E-state index is 12.7. The van der Waals surface area contributed by atoms with E-state index in [1.54, 1.807) is 0 Å². The maximum atomic E-state index is 12.7. The van der Waals surface area contributed by atoms with Crippen LogP contribution in [0.4, 0.5) is 0 Å². The van der Waals surface area contributed by atoms with Gasteiger partial charge in [-0.15, -0.1) is 0 Å². The number of ketones is 1. The van der Waals surface area contributed by atoms with E-state index in [1.165, 1.54) is 5.56 Å². The predicted molar refractivity (Wildman–Crippen MR) is 80.3 cm³/mol. The van der Waals surface area contributed by atoms with Crippen LogP contribution in [0.15, 0.2) is 46.9 Å². The second kappa shape index (κ2) is 4.64. The van der Waals surface area contributed by atoms with Gasteiger partial charge >= 0.3 is 0 Å². The molecule has 0 saturated carbocycles. The van der Waals surface area contributed by atoms with Gasteiger partial charge in [-0.25, -0.2) is 0 Å². The lowest BCUT2D eigenvalue weighted by Gasteiger charge is -2.08. The molecule has 1 heterocycles.